The second-order valence-electron chi connectivity index (χ2n) is 5.63. The molecule has 1 aromatic carbocycles. The highest BCUT2D eigenvalue weighted by atomic mass is 35.5. The van der Waals surface area contributed by atoms with Gasteiger partial charge in [-0.15, -0.1) is 12.4 Å². The Balaban J connectivity index is 0.00000264. The molecule has 0 bridgehead atoms. The molecule has 8 heteroatoms. The number of amides is 1. The summed E-state index contributed by atoms with van der Waals surface area (Å²) in [4.78, 5) is 22.6. The van der Waals surface area contributed by atoms with Gasteiger partial charge in [0.25, 0.3) is 11.6 Å². The number of nitrogens with one attached hydrogen (secondary N) is 1. The highest BCUT2D eigenvalue weighted by Gasteiger charge is 2.27. The summed E-state index contributed by atoms with van der Waals surface area (Å²) >= 11 is 0. The molecule has 6 nitrogen and oxygen atoms in total. The average Bonchev–Trinajstić information content (AvgIpc) is 2.52. The summed E-state index contributed by atoms with van der Waals surface area (Å²) < 4.78 is 13.3. The molecule has 128 valence electrons. The zero-order valence-corrected chi connectivity index (χ0v) is 13.5. The standard InChI is InChI=1S/C15H20FN3O3.ClH/c16-11-6-7-14(19(21)22)12(8-11)15(20)18-13(9-17)10-4-2-1-3-5-10;/h6-8,10,13H,1-5,9,17H2,(H,18,20);1H. The van der Waals surface area contributed by atoms with E-state index in [-0.39, 0.29) is 36.5 Å². The number of carbonyl (C=O) groups is 1. The molecule has 0 spiro atoms. The number of nitrogens with two attached hydrogens (primary N) is 1. The largest absolute Gasteiger partial charge is 0.348 e. The van der Waals surface area contributed by atoms with Crippen molar-refractivity contribution in [2.75, 3.05) is 6.54 Å². The maximum absolute atomic E-state index is 13.3. The van der Waals surface area contributed by atoms with Gasteiger partial charge in [0.1, 0.15) is 11.4 Å². The van der Waals surface area contributed by atoms with E-state index in [1.165, 1.54) is 6.42 Å². The monoisotopic (exact) mass is 345 g/mol. The van der Waals surface area contributed by atoms with E-state index in [0.717, 1.165) is 43.9 Å². The van der Waals surface area contributed by atoms with E-state index in [9.17, 15) is 19.3 Å². The molecule has 0 aromatic heterocycles. The maximum atomic E-state index is 13.3. The molecule has 1 aliphatic carbocycles. The number of benzene rings is 1. The molecule has 1 fully saturated rings. The number of halogens is 2. The lowest BCUT2D eigenvalue weighted by molar-refractivity contribution is -0.385. The number of rotatable bonds is 5. The minimum absolute atomic E-state index is 0. The van der Waals surface area contributed by atoms with Crippen LogP contribution >= 0.6 is 12.4 Å². The number of hydrogen-bond donors (Lipinski definition) is 2. The summed E-state index contributed by atoms with van der Waals surface area (Å²) in [5.74, 6) is -1.06. The fraction of sp³-hybridized carbons (Fsp3) is 0.533. The van der Waals surface area contributed by atoms with Crippen molar-refractivity contribution in [2.45, 2.75) is 38.1 Å². The molecule has 23 heavy (non-hydrogen) atoms. The van der Waals surface area contributed by atoms with Crippen LogP contribution in [0.3, 0.4) is 0 Å². The Labute approximate surface area is 140 Å². The van der Waals surface area contributed by atoms with Gasteiger partial charge in [0.2, 0.25) is 0 Å². The van der Waals surface area contributed by atoms with E-state index in [4.69, 9.17) is 5.73 Å². The second kappa shape index (κ2) is 8.79. The van der Waals surface area contributed by atoms with Gasteiger partial charge in [-0.3, -0.25) is 14.9 Å². The summed E-state index contributed by atoms with van der Waals surface area (Å²) in [6.07, 6.45) is 5.33. The van der Waals surface area contributed by atoms with Gasteiger partial charge in [0, 0.05) is 18.7 Å². The molecule has 0 radical (unpaired) electrons. The van der Waals surface area contributed by atoms with E-state index in [1.807, 2.05) is 0 Å². The molecule has 1 atom stereocenters. The Kier molecular flexibility index (Phi) is 7.38. The molecule has 1 saturated carbocycles. The van der Waals surface area contributed by atoms with Crippen LogP contribution < -0.4 is 11.1 Å². The van der Waals surface area contributed by atoms with Crippen LogP contribution in [0.25, 0.3) is 0 Å². The Bertz CT molecular complexity index is 565. The zero-order chi connectivity index (χ0) is 16.1. The fourth-order valence-electron chi connectivity index (χ4n) is 3.00. The van der Waals surface area contributed by atoms with Crippen LogP contribution in [0.1, 0.15) is 42.5 Å². The number of nitro groups is 1. The first kappa shape index (κ1) is 19.3. The maximum Gasteiger partial charge on any atom is 0.282 e. The predicted molar refractivity (Wildman–Crippen MR) is 87.2 cm³/mol. The lowest BCUT2D eigenvalue weighted by Crippen LogP contribution is -2.46. The van der Waals surface area contributed by atoms with Gasteiger partial charge in [-0.2, -0.15) is 0 Å². The quantitative estimate of drug-likeness (QED) is 0.633. The Hall–Kier alpha value is -1.73. The van der Waals surface area contributed by atoms with Crippen molar-refractivity contribution in [3.8, 4) is 0 Å². The SMILES string of the molecule is Cl.NCC(NC(=O)c1cc(F)ccc1[N+](=O)[O-])C1CCCCC1. The van der Waals surface area contributed by atoms with Crippen LogP contribution in [0.4, 0.5) is 10.1 Å². The van der Waals surface area contributed by atoms with Crippen molar-refractivity contribution in [2.24, 2.45) is 11.7 Å². The third-order valence-corrected chi connectivity index (χ3v) is 4.19. The van der Waals surface area contributed by atoms with Crippen LogP contribution in [-0.2, 0) is 0 Å². The highest BCUT2D eigenvalue weighted by molar-refractivity contribution is 5.98. The lowest BCUT2D eigenvalue weighted by atomic mass is 9.84. The van der Waals surface area contributed by atoms with Crippen molar-refractivity contribution in [1.82, 2.24) is 5.32 Å². The van der Waals surface area contributed by atoms with Crippen molar-refractivity contribution < 1.29 is 14.1 Å². The average molecular weight is 346 g/mol. The van der Waals surface area contributed by atoms with E-state index in [1.54, 1.807) is 0 Å². The molecule has 2 rings (SSSR count). The molecule has 0 saturated heterocycles. The molecule has 1 aliphatic rings. The molecule has 1 aromatic rings. The number of nitrogens with zero attached hydrogens (tertiary/aromatic N) is 1. The van der Waals surface area contributed by atoms with E-state index in [2.05, 4.69) is 5.32 Å². The van der Waals surface area contributed by atoms with Gasteiger partial charge in [0.15, 0.2) is 0 Å². The van der Waals surface area contributed by atoms with Crippen LogP contribution in [0, 0.1) is 21.8 Å². The van der Waals surface area contributed by atoms with Gasteiger partial charge in [0.05, 0.1) is 4.92 Å². The summed E-state index contributed by atoms with van der Waals surface area (Å²) in [7, 11) is 0. The van der Waals surface area contributed by atoms with Gasteiger partial charge < -0.3 is 11.1 Å². The van der Waals surface area contributed by atoms with Crippen LogP contribution in [0.2, 0.25) is 0 Å². The third kappa shape index (κ3) is 4.87. The van der Waals surface area contributed by atoms with Crippen LogP contribution in [0.15, 0.2) is 18.2 Å². The summed E-state index contributed by atoms with van der Waals surface area (Å²) in [6, 6.07) is 2.62. The van der Waals surface area contributed by atoms with Gasteiger partial charge >= 0.3 is 0 Å². The highest BCUT2D eigenvalue weighted by Crippen LogP contribution is 2.27. The minimum atomic E-state index is -0.688. The Morgan fingerprint density at radius 1 is 1.39 bits per heavy atom. The molecular formula is C15H21ClFN3O3. The lowest BCUT2D eigenvalue weighted by Gasteiger charge is -2.30. The Morgan fingerprint density at radius 2 is 2.04 bits per heavy atom. The number of hydrogen-bond acceptors (Lipinski definition) is 4. The molecule has 0 heterocycles. The second-order valence-corrected chi connectivity index (χ2v) is 5.63. The normalized spacial score (nSPS) is 16.3. The van der Waals surface area contributed by atoms with Crippen LogP contribution in [0.5, 0.6) is 0 Å². The fourth-order valence-corrected chi connectivity index (χ4v) is 3.00. The van der Waals surface area contributed by atoms with E-state index < -0.39 is 22.3 Å². The smallest absolute Gasteiger partial charge is 0.282 e. The molecule has 3 N–H and O–H groups in total. The molecular weight excluding hydrogens is 325 g/mol. The van der Waals surface area contributed by atoms with Gasteiger partial charge in [-0.1, -0.05) is 19.3 Å². The van der Waals surface area contributed by atoms with Gasteiger partial charge in [-0.05, 0) is 30.9 Å². The molecule has 0 aliphatic heterocycles. The van der Waals surface area contributed by atoms with Crippen molar-refractivity contribution in [1.29, 1.82) is 0 Å². The van der Waals surface area contributed by atoms with E-state index >= 15 is 0 Å². The van der Waals surface area contributed by atoms with Crippen LogP contribution in [-0.4, -0.2) is 23.4 Å². The van der Waals surface area contributed by atoms with Gasteiger partial charge in [-0.25, -0.2) is 4.39 Å². The summed E-state index contributed by atoms with van der Waals surface area (Å²) in [5.41, 5.74) is 5.07. The first-order valence-electron chi connectivity index (χ1n) is 7.47. The van der Waals surface area contributed by atoms with E-state index in [0.29, 0.717) is 0 Å². The first-order valence-corrected chi connectivity index (χ1v) is 7.47. The van der Waals surface area contributed by atoms with Crippen molar-refractivity contribution >= 4 is 24.0 Å². The number of nitro benzene ring substituents is 1. The summed E-state index contributed by atoms with van der Waals surface area (Å²) in [5, 5.41) is 13.7. The van der Waals surface area contributed by atoms with Crippen molar-refractivity contribution in [3.05, 3.63) is 39.7 Å². The number of carbonyl (C=O) groups excluding carboxylic acids is 1. The predicted octanol–water partition coefficient (Wildman–Crippen LogP) is 2.79. The minimum Gasteiger partial charge on any atom is -0.348 e. The molecule has 1 unspecified atom stereocenters. The third-order valence-electron chi connectivity index (χ3n) is 4.19. The zero-order valence-electron chi connectivity index (χ0n) is 12.7. The topological polar surface area (TPSA) is 98.3 Å². The summed E-state index contributed by atoms with van der Waals surface area (Å²) in [6.45, 7) is 0.263. The van der Waals surface area contributed by atoms with Crippen molar-refractivity contribution in [3.63, 3.8) is 0 Å². The molecule has 1 amide bonds. The Morgan fingerprint density at radius 3 is 2.61 bits per heavy atom. The first-order chi connectivity index (χ1) is 10.5.